The Labute approximate surface area is 139 Å². The average molecular weight is 361 g/mol. The van der Waals surface area contributed by atoms with E-state index in [4.69, 9.17) is 16.7 Å². The molecule has 1 fully saturated rings. The van der Waals surface area contributed by atoms with Crippen LogP contribution < -0.4 is 4.72 Å². The van der Waals surface area contributed by atoms with Gasteiger partial charge in [0.25, 0.3) is 0 Å². The van der Waals surface area contributed by atoms with Gasteiger partial charge in [-0.05, 0) is 44.0 Å². The molecule has 0 bridgehead atoms. The lowest BCUT2D eigenvalue weighted by atomic mass is 10.2. The van der Waals surface area contributed by atoms with E-state index in [9.17, 15) is 18.0 Å². The fourth-order valence-corrected chi connectivity index (χ4v) is 3.82. The molecule has 1 unspecified atom stereocenters. The van der Waals surface area contributed by atoms with Gasteiger partial charge in [-0.1, -0.05) is 11.6 Å². The molecular weight excluding hydrogens is 344 g/mol. The summed E-state index contributed by atoms with van der Waals surface area (Å²) in [6, 6.07) is 3.57. The van der Waals surface area contributed by atoms with Crippen LogP contribution in [0.25, 0.3) is 0 Å². The second-order valence-corrected chi connectivity index (χ2v) is 7.48. The molecule has 1 aliphatic heterocycles. The van der Waals surface area contributed by atoms with Crippen molar-refractivity contribution in [2.45, 2.75) is 36.7 Å². The highest BCUT2D eigenvalue weighted by molar-refractivity contribution is 7.89. The van der Waals surface area contributed by atoms with Gasteiger partial charge in [0.05, 0.1) is 10.9 Å². The Morgan fingerprint density at radius 1 is 1.35 bits per heavy atom. The van der Waals surface area contributed by atoms with Gasteiger partial charge in [-0.25, -0.2) is 13.2 Å². The maximum atomic E-state index is 12.3. The van der Waals surface area contributed by atoms with Crippen LogP contribution in [0.2, 0.25) is 5.02 Å². The number of carboxylic acids is 1. The Balaban J connectivity index is 2.11. The van der Waals surface area contributed by atoms with E-state index in [2.05, 4.69) is 4.72 Å². The second-order valence-electron chi connectivity index (χ2n) is 5.32. The number of sulfonamides is 1. The molecule has 7 nitrogen and oxygen atoms in total. The van der Waals surface area contributed by atoms with E-state index in [1.165, 1.54) is 36.1 Å². The largest absolute Gasteiger partial charge is 0.480 e. The molecule has 1 aromatic carbocycles. The summed E-state index contributed by atoms with van der Waals surface area (Å²) in [4.78, 5) is 24.7. The van der Waals surface area contributed by atoms with E-state index in [0.29, 0.717) is 24.4 Å². The molecule has 1 saturated heterocycles. The molecule has 2 N–H and O–H groups in total. The first-order valence-electron chi connectivity index (χ1n) is 7.03. The van der Waals surface area contributed by atoms with Gasteiger partial charge in [-0.2, -0.15) is 4.72 Å². The summed E-state index contributed by atoms with van der Waals surface area (Å²) in [6.07, 6.45) is 0.955. The summed E-state index contributed by atoms with van der Waals surface area (Å²) in [5.41, 5.74) is 0. The fraction of sp³-hybridized carbons (Fsp3) is 0.429. The highest BCUT2D eigenvalue weighted by Gasteiger charge is 2.36. The van der Waals surface area contributed by atoms with E-state index >= 15 is 0 Å². The van der Waals surface area contributed by atoms with Crippen LogP contribution in [0.3, 0.4) is 0 Å². The van der Waals surface area contributed by atoms with Crippen molar-refractivity contribution in [3.63, 3.8) is 0 Å². The Bertz CT molecular complexity index is 704. The lowest BCUT2D eigenvalue weighted by Crippen LogP contribution is -2.50. The first-order chi connectivity index (χ1) is 10.7. The number of nitrogens with zero attached hydrogens (tertiary/aromatic N) is 1. The van der Waals surface area contributed by atoms with Gasteiger partial charge in [0.1, 0.15) is 6.04 Å². The molecule has 9 heteroatoms. The van der Waals surface area contributed by atoms with Crippen molar-refractivity contribution in [1.82, 2.24) is 9.62 Å². The van der Waals surface area contributed by atoms with Crippen molar-refractivity contribution < 1.29 is 23.1 Å². The normalized spacial score (nSPS) is 19.6. The number of likely N-dealkylation sites (tertiary alicyclic amines) is 1. The van der Waals surface area contributed by atoms with Crippen LogP contribution in [0.15, 0.2) is 29.2 Å². The van der Waals surface area contributed by atoms with Crippen LogP contribution in [-0.4, -0.2) is 48.9 Å². The van der Waals surface area contributed by atoms with Crippen LogP contribution in [0.5, 0.6) is 0 Å². The molecule has 1 heterocycles. The molecular formula is C14H17ClN2O5S. The molecule has 2 rings (SSSR count). The molecule has 126 valence electrons. The first-order valence-corrected chi connectivity index (χ1v) is 8.89. The van der Waals surface area contributed by atoms with Gasteiger partial charge in [0.2, 0.25) is 15.9 Å². The van der Waals surface area contributed by atoms with E-state index in [1.807, 2.05) is 0 Å². The molecule has 23 heavy (non-hydrogen) atoms. The van der Waals surface area contributed by atoms with Crippen LogP contribution in [0.4, 0.5) is 0 Å². The standard InChI is InChI=1S/C14H17ClN2O5S/c1-9(13(18)17-8-2-3-12(17)14(19)20)16-23(21,22)11-6-4-10(15)5-7-11/h4-7,9,12,16H,2-3,8H2,1H3,(H,19,20)/t9?,12-/m0/s1. The topological polar surface area (TPSA) is 104 Å². The lowest BCUT2D eigenvalue weighted by Gasteiger charge is -2.25. The van der Waals surface area contributed by atoms with Crippen LogP contribution in [0.1, 0.15) is 19.8 Å². The minimum Gasteiger partial charge on any atom is -0.480 e. The molecule has 0 saturated carbocycles. The number of carbonyl (C=O) groups is 2. The molecule has 1 aromatic rings. The van der Waals surface area contributed by atoms with E-state index in [0.717, 1.165) is 0 Å². The second kappa shape index (κ2) is 6.86. The lowest BCUT2D eigenvalue weighted by molar-refractivity contribution is -0.148. The minimum atomic E-state index is -3.89. The number of carboxylic acid groups (broad SMARTS) is 1. The van der Waals surface area contributed by atoms with Gasteiger partial charge < -0.3 is 10.0 Å². The van der Waals surface area contributed by atoms with Crippen molar-refractivity contribution >= 4 is 33.5 Å². The van der Waals surface area contributed by atoms with Gasteiger partial charge in [0, 0.05) is 11.6 Å². The number of hydrogen-bond acceptors (Lipinski definition) is 4. The molecule has 0 aromatic heterocycles. The molecule has 0 spiro atoms. The third kappa shape index (κ3) is 4.01. The highest BCUT2D eigenvalue weighted by Crippen LogP contribution is 2.19. The van der Waals surface area contributed by atoms with E-state index in [-0.39, 0.29) is 4.90 Å². The summed E-state index contributed by atoms with van der Waals surface area (Å²) in [5.74, 6) is -1.63. The predicted molar refractivity (Wildman–Crippen MR) is 83.6 cm³/mol. The van der Waals surface area contributed by atoms with Crippen LogP contribution in [-0.2, 0) is 19.6 Å². The molecule has 0 aliphatic carbocycles. The maximum absolute atomic E-state index is 12.3. The van der Waals surface area contributed by atoms with Crippen LogP contribution >= 0.6 is 11.6 Å². The van der Waals surface area contributed by atoms with Crippen molar-refractivity contribution in [3.05, 3.63) is 29.3 Å². The number of benzene rings is 1. The SMILES string of the molecule is CC(NS(=O)(=O)c1ccc(Cl)cc1)C(=O)N1CCC[C@H]1C(=O)O. The number of aliphatic carboxylic acids is 1. The monoisotopic (exact) mass is 360 g/mol. The summed E-state index contributed by atoms with van der Waals surface area (Å²) >= 11 is 5.72. The molecule has 0 radical (unpaired) electrons. The smallest absolute Gasteiger partial charge is 0.326 e. The predicted octanol–water partition coefficient (Wildman–Crippen LogP) is 1.08. The van der Waals surface area contributed by atoms with Crippen molar-refractivity contribution in [2.24, 2.45) is 0 Å². The Morgan fingerprint density at radius 2 is 1.96 bits per heavy atom. The van der Waals surface area contributed by atoms with Gasteiger partial charge in [0.15, 0.2) is 0 Å². The molecule has 1 aliphatic rings. The maximum Gasteiger partial charge on any atom is 0.326 e. The minimum absolute atomic E-state index is 0.0160. The van der Waals surface area contributed by atoms with Crippen molar-refractivity contribution in [1.29, 1.82) is 0 Å². The zero-order valence-corrected chi connectivity index (χ0v) is 14.0. The molecule has 1 amide bonds. The number of amides is 1. The fourth-order valence-electron chi connectivity index (χ4n) is 2.50. The van der Waals surface area contributed by atoms with Crippen molar-refractivity contribution in [2.75, 3.05) is 6.54 Å². The summed E-state index contributed by atoms with van der Waals surface area (Å²) in [7, 11) is -3.89. The molecule has 2 atom stereocenters. The first kappa shape index (κ1) is 17.7. The number of rotatable bonds is 5. The quantitative estimate of drug-likeness (QED) is 0.817. The van der Waals surface area contributed by atoms with E-state index in [1.54, 1.807) is 0 Å². The van der Waals surface area contributed by atoms with Gasteiger partial charge in [-0.15, -0.1) is 0 Å². The third-order valence-corrected chi connectivity index (χ3v) is 5.46. The number of nitrogens with one attached hydrogen (secondary N) is 1. The third-order valence-electron chi connectivity index (χ3n) is 3.65. The van der Waals surface area contributed by atoms with Gasteiger partial charge in [-0.3, -0.25) is 4.79 Å². The zero-order valence-electron chi connectivity index (χ0n) is 12.4. The number of halogens is 1. The Kier molecular flexibility index (Phi) is 5.28. The Hall–Kier alpha value is -1.64. The summed E-state index contributed by atoms with van der Waals surface area (Å²) in [5, 5.41) is 9.50. The summed E-state index contributed by atoms with van der Waals surface area (Å²) in [6.45, 7) is 1.70. The van der Waals surface area contributed by atoms with Crippen LogP contribution in [0, 0.1) is 0 Å². The number of hydrogen-bond donors (Lipinski definition) is 2. The van der Waals surface area contributed by atoms with E-state index < -0.39 is 34.0 Å². The Morgan fingerprint density at radius 3 is 2.52 bits per heavy atom. The summed E-state index contributed by atoms with van der Waals surface area (Å²) < 4.78 is 26.8. The number of carbonyl (C=O) groups excluding carboxylic acids is 1. The van der Waals surface area contributed by atoms with Gasteiger partial charge >= 0.3 is 5.97 Å². The zero-order chi connectivity index (χ0) is 17.2. The highest BCUT2D eigenvalue weighted by atomic mass is 35.5. The average Bonchev–Trinajstić information content (AvgIpc) is 2.96. The van der Waals surface area contributed by atoms with Crippen molar-refractivity contribution in [3.8, 4) is 0 Å².